The third-order valence-corrected chi connectivity index (χ3v) is 7.71. The quantitative estimate of drug-likeness (QED) is 0.185. The maximum atomic E-state index is 13.3. The second-order valence-electron chi connectivity index (χ2n) is 8.80. The number of unbranched alkanes of at least 4 members (excludes halogenated alkanes) is 1. The van der Waals surface area contributed by atoms with E-state index >= 15 is 0 Å². The third kappa shape index (κ3) is 8.14. The summed E-state index contributed by atoms with van der Waals surface area (Å²) in [5.74, 6) is -0.770. The van der Waals surface area contributed by atoms with Gasteiger partial charge in [0, 0.05) is 18.0 Å². The number of rotatable bonds is 12. The maximum absolute atomic E-state index is 13.3. The number of nitrogens with one attached hydrogen (secondary N) is 1. The molecular weight excluding hydrogens is 529 g/mol. The van der Waals surface area contributed by atoms with Gasteiger partial charge in [-0.3, -0.25) is 9.59 Å². The molecule has 0 aliphatic carbocycles. The molecule has 2 aromatic carbocycles. The first-order chi connectivity index (χ1) is 17.6. The van der Waals surface area contributed by atoms with Crippen molar-refractivity contribution in [2.45, 2.75) is 55.5 Å². The van der Waals surface area contributed by atoms with Crippen molar-refractivity contribution in [3.05, 3.63) is 47.5 Å². The van der Waals surface area contributed by atoms with Gasteiger partial charge < -0.3 is 25.4 Å². The topological polar surface area (TPSA) is 161 Å². The molecule has 9 nitrogen and oxygen atoms in total. The lowest BCUT2D eigenvalue weighted by atomic mass is 9.79. The van der Waals surface area contributed by atoms with Gasteiger partial charge in [-0.1, -0.05) is 19.4 Å². The highest BCUT2D eigenvalue weighted by atomic mass is 32.2. The Bertz CT molecular complexity index is 1270. The highest BCUT2D eigenvalue weighted by molar-refractivity contribution is 7.91. The van der Waals surface area contributed by atoms with Crippen LogP contribution in [-0.4, -0.2) is 61.0 Å². The van der Waals surface area contributed by atoms with Gasteiger partial charge in [0.15, 0.2) is 0 Å². The smallest absolute Gasteiger partial charge is 0.423 e. The number of carbonyl (C=O) groups excluding carboxylic acids is 2. The molecule has 1 atom stereocenters. The Labute approximate surface area is 218 Å². The summed E-state index contributed by atoms with van der Waals surface area (Å²) < 4.78 is 66.4. The van der Waals surface area contributed by atoms with E-state index in [-0.39, 0.29) is 23.8 Å². The first kappa shape index (κ1) is 31.5. The molecule has 0 aliphatic heterocycles. The van der Waals surface area contributed by atoms with Gasteiger partial charge in [-0.2, -0.15) is 13.2 Å². The maximum Gasteiger partial charge on any atom is 0.488 e. The van der Waals surface area contributed by atoms with E-state index in [1.807, 2.05) is 6.92 Å². The molecule has 0 bridgehead atoms. The molecule has 0 aliphatic rings. The minimum Gasteiger partial charge on any atom is -0.423 e. The normalized spacial score (nSPS) is 12.7. The van der Waals surface area contributed by atoms with Gasteiger partial charge in [0.1, 0.15) is 5.78 Å². The minimum atomic E-state index is -5.01. The van der Waals surface area contributed by atoms with Gasteiger partial charge in [-0.15, -0.1) is 0 Å². The van der Waals surface area contributed by atoms with E-state index in [2.05, 4.69) is 5.32 Å². The fourth-order valence-corrected chi connectivity index (χ4v) is 5.22. The molecule has 0 aromatic heterocycles. The molecule has 2 aromatic rings. The molecule has 0 radical (unpaired) electrons. The van der Waals surface area contributed by atoms with Crippen molar-refractivity contribution in [2.75, 3.05) is 6.54 Å². The number of amides is 1. The van der Waals surface area contributed by atoms with Gasteiger partial charge in [0.2, 0.25) is 9.84 Å². The predicted molar refractivity (Wildman–Crippen MR) is 134 cm³/mol. The Hall–Kier alpha value is -2.71. The van der Waals surface area contributed by atoms with Crippen LogP contribution in [0.1, 0.15) is 55.5 Å². The number of Topliss-reactive ketones (excluding diaryl/α,β-unsaturated/α-hetero) is 1. The van der Waals surface area contributed by atoms with Crippen molar-refractivity contribution < 1.29 is 51.3 Å². The molecule has 206 valence electrons. The summed E-state index contributed by atoms with van der Waals surface area (Å²) in [4.78, 5) is 22.5. The first-order valence-electron chi connectivity index (χ1n) is 11.7. The van der Waals surface area contributed by atoms with Crippen LogP contribution in [0.5, 0.6) is 0 Å². The van der Waals surface area contributed by atoms with Crippen LogP contribution in [-0.2, 0) is 20.8 Å². The highest BCUT2D eigenvalue weighted by Crippen LogP contribution is 2.31. The Morgan fingerprint density at radius 2 is 1.47 bits per heavy atom. The summed E-state index contributed by atoms with van der Waals surface area (Å²) >= 11 is 0. The van der Waals surface area contributed by atoms with Crippen molar-refractivity contribution >= 4 is 46.7 Å². The van der Waals surface area contributed by atoms with Gasteiger partial charge in [-0.25, -0.2) is 8.42 Å². The van der Waals surface area contributed by atoms with Crippen LogP contribution in [0.25, 0.3) is 0 Å². The molecule has 38 heavy (non-hydrogen) atoms. The largest absolute Gasteiger partial charge is 0.488 e. The van der Waals surface area contributed by atoms with Crippen LogP contribution in [0.15, 0.2) is 46.2 Å². The Kier molecular flexibility index (Phi) is 10.7. The minimum absolute atomic E-state index is 0.0750. The van der Waals surface area contributed by atoms with Gasteiger partial charge in [0.05, 0.1) is 15.4 Å². The number of hydrogen-bond donors (Lipinski definition) is 5. The van der Waals surface area contributed by atoms with Crippen molar-refractivity contribution in [1.29, 1.82) is 0 Å². The molecule has 1 amide bonds. The lowest BCUT2D eigenvalue weighted by molar-refractivity contribution is -0.137. The number of alkyl halides is 3. The fraction of sp³-hybridized carbons (Fsp3) is 0.391. The van der Waals surface area contributed by atoms with Crippen LogP contribution in [0, 0.1) is 5.92 Å². The van der Waals surface area contributed by atoms with Crippen molar-refractivity contribution in [2.24, 2.45) is 5.92 Å². The number of ketones is 1. The predicted octanol–water partition coefficient (Wildman–Crippen LogP) is 0.413. The van der Waals surface area contributed by atoms with E-state index in [1.54, 1.807) is 0 Å². The Balaban J connectivity index is 2.37. The second-order valence-corrected chi connectivity index (χ2v) is 10.7. The van der Waals surface area contributed by atoms with Crippen LogP contribution >= 0.6 is 0 Å². The molecule has 0 fully saturated rings. The van der Waals surface area contributed by atoms with E-state index in [1.165, 1.54) is 6.92 Å². The number of halogens is 3. The summed E-state index contributed by atoms with van der Waals surface area (Å²) in [5.41, 5.74) is -2.88. The molecule has 15 heteroatoms. The molecule has 0 spiro atoms. The number of sulfone groups is 1. The number of benzene rings is 2. The number of carbonyl (C=O) groups is 2. The summed E-state index contributed by atoms with van der Waals surface area (Å²) in [6.45, 7) is 3.58. The second kappa shape index (κ2) is 12.9. The molecule has 0 unspecified atom stereocenters. The zero-order valence-electron chi connectivity index (χ0n) is 20.7. The fourth-order valence-electron chi connectivity index (χ4n) is 3.80. The van der Waals surface area contributed by atoms with Crippen molar-refractivity contribution in [1.82, 2.24) is 5.32 Å². The Morgan fingerprint density at radius 3 is 1.97 bits per heavy atom. The zero-order valence-corrected chi connectivity index (χ0v) is 21.5. The van der Waals surface area contributed by atoms with E-state index in [0.29, 0.717) is 43.9 Å². The molecule has 0 heterocycles. The van der Waals surface area contributed by atoms with Crippen LogP contribution in [0.2, 0.25) is 0 Å². The van der Waals surface area contributed by atoms with Crippen LogP contribution in [0.3, 0.4) is 0 Å². The summed E-state index contributed by atoms with van der Waals surface area (Å²) in [7, 11) is -9.40. The standard InChI is InChI=1S/C23H28B2F3NO8S/c1-3-15(14(2)30)6-4-5-7-29-22(31)16-8-18(24(32)33)12-20(9-16)38(36,37)21-11-17(23(26,27)28)10-19(13-21)25(34)35/h8-13,15,32-35H,3-7H2,1-2H3,(H,29,31)/t15-/m0/s1. The van der Waals surface area contributed by atoms with Gasteiger partial charge in [0.25, 0.3) is 5.91 Å². The average Bonchev–Trinajstić information content (AvgIpc) is 2.84. The van der Waals surface area contributed by atoms with Crippen molar-refractivity contribution in [3.63, 3.8) is 0 Å². The zero-order chi connectivity index (χ0) is 28.8. The van der Waals surface area contributed by atoms with E-state index < -0.39 is 62.4 Å². The molecule has 0 saturated heterocycles. The molecular formula is C23H28B2F3NO8S. The monoisotopic (exact) mass is 557 g/mol. The van der Waals surface area contributed by atoms with Crippen molar-refractivity contribution in [3.8, 4) is 0 Å². The van der Waals surface area contributed by atoms with Crippen LogP contribution in [0.4, 0.5) is 13.2 Å². The summed E-state index contributed by atoms with van der Waals surface area (Å²) in [5, 5.41) is 40.5. The lowest BCUT2D eigenvalue weighted by Gasteiger charge is -2.14. The molecule has 2 rings (SSSR count). The highest BCUT2D eigenvalue weighted by Gasteiger charge is 2.34. The van der Waals surface area contributed by atoms with Gasteiger partial charge in [-0.05, 0) is 67.4 Å². The first-order valence-corrected chi connectivity index (χ1v) is 13.2. The number of hydrogen-bond acceptors (Lipinski definition) is 8. The lowest BCUT2D eigenvalue weighted by Crippen LogP contribution is -2.33. The van der Waals surface area contributed by atoms with Gasteiger partial charge >= 0.3 is 20.4 Å². The summed E-state index contributed by atoms with van der Waals surface area (Å²) in [6.07, 6.45) is -2.52. The van der Waals surface area contributed by atoms with E-state index in [0.717, 1.165) is 18.2 Å². The third-order valence-electron chi connectivity index (χ3n) is 6.00. The molecule has 5 N–H and O–H groups in total. The van der Waals surface area contributed by atoms with E-state index in [9.17, 15) is 51.3 Å². The summed E-state index contributed by atoms with van der Waals surface area (Å²) in [6, 6.07) is 4.01. The van der Waals surface area contributed by atoms with E-state index in [4.69, 9.17) is 0 Å². The molecule has 0 saturated carbocycles. The average molecular weight is 557 g/mol. The SMILES string of the molecule is CC[C@@H](CCCCNC(=O)c1cc(B(O)O)cc(S(=O)(=O)c2cc(B(O)O)cc(C(F)(F)F)c2)c1)C(C)=O. The van der Waals surface area contributed by atoms with Crippen LogP contribution < -0.4 is 16.2 Å². The Morgan fingerprint density at radius 1 is 0.921 bits per heavy atom.